The molecule has 1 aromatic carbocycles. The minimum atomic E-state index is -3.90. The van der Waals surface area contributed by atoms with Crippen molar-refractivity contribution in [2.75, 3.05) is 10.1 Å². The van der Waals surface area contributed by atoms with Crippen LogP contribution in [0.25, 0.3) is 0 Å². The smallest absolute Gasteiger partial charge is 0.271 e. The van der Waals surface area contributed by atoms with Gasteiger partial charge >= 0.3 is 0 Å². The molecule has 1 aromatic rings. The third kappa shape index (κ3) is 3.84. The summed E-state index contributed by atoms with van der Waals surface area (Å²) in [7, 11) is -3.90. The Morgan fingerprint density at radius 2 is 2.05 bits per heavy atom. The van der Waals surface area contributed by atoms with Crippen molar-refractivity contribution in [3.63, 3.8) is 0 Å². The number of nitro benzene ring substituents is 1. The third-order valence-corrected chi connectivity index (χ3v) is 5.20. The second-order valence-electron chi connectivity index (χ2n) is 4.07. The van der Waals surface area contributed by atoms with Gasteiger partial charge in [0.2, 0.25) is 15.3 Å². The summed E-state index contributed by atoms with van der Waals surface area (Å²) in [5.41, 5.74) is -0.505. The van der Waals surface area contributed by atoms with Crippen LogP contribution in [0.5, 0.6) is 0 Å². The molecule has 0 radical (unpaired) electrons. The molecule has 0 N–H and O–H groups in total. The summed E-state index contributed by atoms with van der Waals surface area (Å²) >= 11 is 11.3. The predicted molar refractivity (Wildman–Crippen MR) is 80.4 cm³/mol. The van der Waals surface area contributed by atoms with E-state index < -0.39 is 26.2 Å². The Labute approximate surface area is 131 Å². The number of hydrogen-bond donors (Lipinski definition) is 0. The highest BCUT2D eigenvalue weighted by Crippen LogP contribution is 2.33. The number of hydrogen-bond acceptors (Lipinski definition) is 5. The quantitative estimate of drug-likeness (QED) is 0.444. The molecule has 21 heavy (non-hydrogen) atoms. The Bertz CT molecular complexity index is 677. The van der Waals surface area contributed by atoms with Gasteiger partial charge < -0.3 is 0 Å². The van der Waals surface area contributed by atoms with Gasteiger partial charge in [-0.3, -0.25) is 19.2 Å². The highest BCUT2D eigenvalue weighted by Gasteiger charge is 2.32. The molecule has 0 spiro atoms. The molecule has 0 bridgehead atoms. The van der Waals surface area contributed by atoms with Crippen LogP contribution in [-0.4, -0.2) is 30.4 Å². The molecule has 0 amide bonds. The molecular formula is C11H12Cl2N2O5S. The number of nitrogens with zero attached hydrogens (tertiary/aromatic N) is 2. The van der Waals surface area contributed by atoms with Gasteiger partial charge in [0.1, 0.15) is 6.04 Å². The van der Waals surface area contributed by atoms with Gasteiger partial charge in [-0.1, -0.05) is 11.6 Å². The van der Waals surface area contributed by atoms with Gasteiger partial charge in [-0.05, 0) is 31.5 Å². The van der Waals surface area contributed by atoms with E-state index in [0.29, 0.717) is 4.31 Å². The molecule has 1 unspecified atom stereocenters. The lowest BCUT2D eigenvalue weighted by Crippen LogP contribution is -2.43. The molecule has 0 heterocycles. The number of rotatable bonds is 6. The normalized spacial score (nSPS) is 12.8. The molecule has 0 saturated heterocycles. The maximum absolute atomic E-state index is 12.2. The van der Waals surface area contributed by atoms with Crippen molar-refractivity contribution >= 4 is 49.8 Å². The molecule has 1 rings (SSSR count). The number of carbonyl (C=O) groups excluding carboxylic acids is 1. The highest BCUT2D eigenvalue weighted by molar-refractivity contribution is 7.92. The summed E-state index contributed by atoms with van der Waals surface area (Å²) in [5, 5.41) is 9.85. The molecule has 0 fully saturated rings. The number of non-ortho nitro benzene ring substituents is 1. The fourth-order valence-electron chi connectivity index (χ4n) is 1.61. The van der Waals surface area contributed by atoms with E-state index in [1.54, 1.807) is 0 Å². The molecule has 7 nitrogen and oxygen atoms in total. The first-order valence-electron chi connectivity index (χ1n) is 5.77. The zero-order chi connectivity index (χ0) is 16.4. The van der Waals surface area contributed by atoms with Gasteiger partial charge in [0.05, 0.1) is 21.4 Å². The van der Waals surface area contributed by atoms with Crippen molar-refractivity contribution < 1.29 is 18.1 Å². The van der Waals surface area contributed by atoms with Crippen molar-refractivity contribution in [1.29, 1.82) is 0 Å². The summed E-state index contributed by atoms with van der Waals surface area (Å²) in [4.78, 5) is 21.5. The summed E-state index contributed by atoms with van der Waals surface area (Å²) in [6.45, 7) is 2.65. The lowest BCUT2D eigenvalue weighted by Gasteiger charge is -2.28. The van der Waals surface area contributed by atoms with Gasteiger partial charge in [-0.25, -0.2) is 8.42 Å². The van der Waals surface area contributed by atoms with E-state index in [1.807, 2.05) is 0 Å². The van der Waals surface area contributed by atoms with E-state index in [4.69, 9.17) is 23.2 Å². The molecule has 0 aliphatic rings. The Morgan fingerprint density at radius 1 is 1.48 bits per heavy atom. The van der Waals surface area contributed by atoms with Crippen LogP contribution in [0.15, 0.2) is 18.2 Å². The Kier molecular flexibility index (Phi) is 5.54. The van der Waals surface area contributed by atoms with Gasteiger partial charge in [0.15, 0.2) is 0 Å². The van der Waals surface area contributed by atoms with Gasteiger partial charge in [-0.15, -0.1) is 0 Å². The maximum Gasteiger partial charge on any atom is 0.271 e. The Balaban J connectivity index is 3.57. The predicted octanol–water partition coefficient (Wildman–Crippen LogP) is 2.56. The van der Waals surface area contributed by atoms with Crippen LogP contribution in [-0.2, 0) is 14.8 Å². The number of nitro groups is 1. The zero-order valence-corrected chi connectivity index (χ0v) is 13.4. The summed E-state index contributed by atoms with van der Waals surface area (Å²) in [6, 6.07) is 2.08. The fraction of sp³-hybridized carbons (Fsp3) is 0.364. The van der Waals surface area contributed by atoms with E-state index in [2.05, 4.69) is 0 Å². The van der Waals surface area contributed by atoms with Crippen LogP contribution in [0.3, 0.4) is 0 Å². The van der Waals surface area contributed by atoms with Crippen molar-refractivity contribution in [2.24, 2.45) is 0 Å². The molecule has 0 saturated carbocycles. The van der Waals surface area contributed by atoms with Gasteiger partial charge in [-0.2, -0.15) is 0 Å². The lowest BCUT2D eigenvalue weighted by molar-refractivity contribution is -0.384. The topological polar surface area (TPSA) is 97.6 Å². The number of benzene rings is 1. The zero-order valence-electron chi connectivity index (χ0n) is 11.1. The van der Waals surface area contributed by atoms with Crippen molar-refractivity contribution in [1.82, 2.24) is 0 Å². The molecule has 116 valence electrons. The van der Waals surface area contributed by atoms with E-state index in [1.165, 1.54) is 19.9 Å². The average molecular weight is 355 g/mol. The van der Waals surface area contributed by atoms with Crippen LogP contribution in [0, 0.1) is 10.1 Å². The van der Waals surface area contributed by atoms with E-state index in [-0.39, 0.29) is 22.2 Å². The van der Waals surface area contributed by atoms with Crippen LogP contribution in [0.2, 0.25) is 5.02 Å². The van der Waals surface area contributed by atoms with Crippen molar-refractivity contribution in [3.8, 4) is 0 Å². The average Bonchev–Trinajstić information content (AvgIpc) is 2.40. The van der Waals surface area contributed by atoms with Crippen molar-refractivity contribution in [3.05, 3.63) is 33.3 Å². The fourth-order valence-corrected chi connectivity index (χ4v) is 3.33. The summed E-state index contributed by atoms with van der Waals surface area (Å²) in [6.07, 6.45) is 0. The second-order valence-corrected chi connectivity index (χ2v) is 6.98. The number of anilines is 1. The van der Waals surface area contributed by atoms with Crippen molar-refractivity contribution in [2.45, 2.75) is 19.9 Å². The van der Waals surface area contributed by atoms with E-state index >= 15 is 0 Å². The van der Waals surface area contributed by atoms with E-state index in [9.17, 15) is 23.3 Å². The highest BCUT2D eigenvalue weighted by atomic mass is 35.5. The molecule has 10 heteroatoms. The lowest BCUT2D eigenvalue weighted by atomic mass is 10.2. The molecule has 1 atom stereocenters. The molecule has 0 aliphatic heterocycles. The Hall–Kier alpha value is -1.38. The monoisotopic (exact) mass is 354 g/mol. The first-order chi connectivity index (χ1) is 9.61. The largest absolute Gasteiger partial charge is 0.279 e. The Morgan fingerprint density at radius 3 is 2.48 bits per heavy atom. The second kappa shape index (κ2) is 6.59. The summed E-state index contributed by atoms with van der Waals surface area (Å²) in [5.74, 6) is -0.319. The molecule has 0 aromatic heterocycles. The SMILES string of the molecule is CCS(=O)(=O)N(c1cc([N+](=O)[O-])ccc1Cl)C(C)C(=O)Cl. The molecule has 0 aliphatic carbocycles. The van der Waals surface area contributed by atoms with E-state index in [0.717, 1.165) is 12.1 Å². The minimum absolute atomic E-state index is 0.0395. The van der Waals surface area contributed by atoms with Crippen LogP contribution >= 0.6 is 23.2 Å². The first kappa shape index (κ1) is 17.7. The van der Waals surface area contributed by atoms with Gasteiger partial charge in [0, 0.05) is 12.1 Å². The standard InChI is InChI=1S/C11H12Cl2N2O5S/c1-3-21(19,20)14(7(2)11(13)16)10-6-8(15(17)18)4-5-9(10)12/h4-7H,3H2,1-2H3. The van der Waals surface area contributed by atoms with Gasteiger partial charge in [0.25, 0.3) is 5.69 Å². The maximum atomic E-state index is 12.2. The number of sulfonamides is 1. The minimum Gasteiger partial charge on any atom is -0.279 e. The van der Waals surface area contributed by atoms with Crippen LogP contribution < -0.4 is 4.31 Å². The first-order valence-corrected chi connectivity index (χ1v) is 8.13. The van der Waals surface area contributed by atoms with Crippen LogP contribution in [0.4, 0.5) is 11.4 Å². The summed E-state index contributed by atoms with van der Waals surface area (Å²) < 4.78 is 25.0. The van der Waals surface area contributed by atoms with Crippen LogP contribution in [0.1, 0.15) is 13.8 Å². The number of carbonyl (C=O) groups is 1. The molecular weight excluding hydrogens is 343 g/mol. The number of halogens is 2. The third-order valence-electron chi connectivity index (χ3n) is 2.72.